The van der Waals surface area contributed by atoms with Gasteiger partial charge in [-0.2, -0.15) is 10.1 Å². The average Bonchev–Trinajstić information content (AvgIpc) is 3.27. The summed E-state index contributed by atoms with van der Waals surface area (Å²) in [4.78, 5) is 25.1. The molecule has 0 N–H and O–H groups in total. The third-order valence-corrected chi connectivity index (χ3v) is 5.66. The van der Waals surface area contributed by atoms with Crippen LogP contribution in [-0.4, -0.2) is 29.6 Å². The van der Waals surface area contributed by atoms with Crippen LogP contribution in [0.2, 0.25) is 0 Å². The lowest BCUT2D eigenvalue weighted by Crippen LogP contribution is -2.28. The van der Waals surface area contributed by atoms with E-state index in [1.54, 1.807) is 18.2 Å². The molecule has 0 aromatic heterocycles. The number of carbonyl (C=O) groups excluding carboxylic acids is 2. The third kappa shape index (κ3) is 2.59. The second-order valence-electron chi connectivity index (χ2n) is 6.42. The van der Waals surface area contributed by atoms with Crippen molar-refractivity contribution in [1.29, 1.82) is 0 Å². The monoisotopic (exact) mass is 398 g/mol. The van der Waals surface area contributed by atoms with E-state index in [9.17, 15) is 9.59 Å². The molecule has 2 amide bonds. The highest BCUT2D eigenvalue weighted by atomic mass is 79.9. The lowest BCUT2D eigenvalue weighted by atomic mass is 9.85. The number of hydrogen-bond acceptors (Lipinski definition) is 4. The molecule has 126 valence electrons. The van der Waals surface area contributed by atoms with Crippen molar-refractivity contribution in [3.8, 4) is 18.1 Å². The number of benzene rings is 1. The molecule has 4 atom stereocenters. The van der Waals surface area contributed by atoms with Crippen LogP contribution in [0.4, 0.5) is 0 Å². The number of allylic oxidation sites excluding steroid dienone is 2. The van der Waals surface area contributed by atoms with Crippen LogP contribution in [0.1, 0.15) is 12.0 Å². The number of fused-ring (bicyclic) bond motifs is 5. The van der Waals surface area contributed by atoms with Crippen molar-refractivity contribution in [3.05, 3.63) is 40.4 Å². The molecule has 1 aromatic carbocycles. The number of terminal acetylenes is 1. The van der Waals surface area contributed by atoms with E-state index in [0.29, 0.717) is 5.75 Å². The molecule has 1 aliphatic heterocycles. The van der Waals surface area contributed by atoms with Gasteiger partial charge in [0.15, 0.2) is 0 Å². The van der Waals surface area contributed by atoms with Gasteiger partial charge >= 0.3 is 0 Å². The maximum Gasteiger partial charge on any atom is 0.254 e. The summed E-state index contributed by atoms with van der Waals surface area (Å²) < 4.78 is 6.11. The summed E-state index contributed by atoms with van der Waals surface area (Å²) in [5, 5.41) is 5.19. The molecule has 0 radical (unpaired) electrons. The molecule has 2 fully saturated rings. The highest BCUT2D eigenvalue weighted by Crippen LogP contribution is 2.52. The fraction of sp³-hybridized carbons (Fsp3) is 0.316. The maximum absolute atomic E-state index is 12.6. The molecule has 0 unspecified atom stereocenters. The first kappa shape index (κ1) is 16.1. The SMILES string of the molecule is C#CCOc1ccc(C=NN2C(=O)[C@@H]3[C@H](C2=O)[C@H]2C=C[C@H]3C2)cc1Br. The normalized spacial score (nSPS) is 29.5. The lowest BCUT2D eigenvalue weighted by molar-refractivity contribution is -0.140. The lowest BCUT2D eigenvalue weighted by Gasteiger charge is -2.13. The Morgan fingerprint density at radius 3 is 2.56 bits per heavy atom. The molecule has 1 saturated heterocycles. The van der Waals surface area contributed by atoms with Gasteiger partial charge in [-0.25, -0.2) is 0 Å². The Morgan fingerprint density at radius 2 is 1.96 bits per heavy atom. The van der Waals surface area contributed by atoms with E-state index in [1.807, 2.05) is 0 Å². The average molecular weight is 399 g/mol. The fourth-order valence-electron chi connectivity index (χ4n) is 3.96. The second-order valence-corrected chi connectivity index (χ2v) is 7.27. The summed E-state index contributed by atoms with van der Waals surface area (Å²) in [5.74, 6) is 2.58. The smallest absolute Gasteiger partial charge is 0.254 e. The van der Waals surface area contributed by atoms with Gasteiger partial charge in [0.2, 0.25) is 0 Å². The van der Waals surface area contributed by atoms with E-state index in [4.69, 9.17) is 11.2 Å². The zero-order valence-electron chi connectivity index (χ0n) is 13.3. The van der Waals surface area contributed by atoms with Crippen LogP contribution < -0.4 is 4.74 Å². The minimum absolute atomic E-state index is 0.183. The van der Waals surface area contributed by atoms with Gasteiger partial charge < -0.3 is 4.74 Å². The first-order chi connectivity index (χ1) is 12.1. The van der Waals surface area contributed by atoms with Crippen LogP contribution in [0.15, 0.2) is 39.9 Å². The summed E-state index contributed by atoms with van der Waals surface area (Å²) in [6.07, 6.45) is 11.7. The van der Waals surface area contributed by atoms with E-state index >= 15 is 0 Å². The van der Waals surface area contributed by atoms with E-state index in [0.717, 1.165) is 21.5 Å². The Morgan fingerprint density at radius 1 is 1.28 bits per heavy atom. The highest BCUT2D eigenvalue weighted by molar-refractivity contribution is 9.10. The van der Waals surface area contributed by atoms with E-state index in [1.165, 1.54) is 6.21 Å². The minimum atomic E-state index is -0.231. The molecule has 1 heterocycles. The Kier molecular flexibility index (Phi) is 3.97. The first-order valence-corrected chi connectivity index (χ1v) is 8.85. The number of amides is 2. The van der Waals surface area contributed by atoms with Crippen LogP contribution in [0.5, 0.6) is 5.75 Å². The van der Waals surface area contributed by atoms with E-state index < -0.39 is 0 Å². The molecule has 0 spiro atoms. The molecule has 25 heavy (non-hydrogen) atoms. The molecular formula is C19H15BrN2O3. The number of imide groups is 1. The summed E-state index contributed by atoms with van der Waals surface area (Å²) in [5.41, 5.74) is 0.749. The van der Waals surface area contributed by atoms with Gasteiger partial charge in [0.1, 0.15) is 12.4 Å². The fourth-order valence-corrected chi connectivity index (χ4v) is 4.47. The standard InChI is InChI=1S/C19H15BrN2O3/c1-2-7-25-15-6-3-11(8-14(15)20)10-21-22-18(23)16-12-4-5-13(9-12)17(16)19(22)24/h1,3-6,8,10,12-13,16-17H,7,9H2/t12-,13-,16-,17+/m0/s1. The maximum atomic E-state index is 12.6. The van der Waals surface area contributed by atoms with Crippen LogP contribution in [0.25, 0.3) is 0 Å². The number of halogens is 1. The van der Waals surface area contributed by atoms with Crippen molar-refractivity contribution >= 4 is 34.0 Å². The number of nitrogens with zero attached hydrogens (tertiary/aromatic N) is 2. The summed E-state index contributed by atoms with van der Waals surface area (Å²) in [7, 11) is 0. The predicted octanol–water partition coefficient (Wildman–Crippen LogP) is 2.60. The van der Waals surface area contributed by atoms with Crippen molar-refractivity contribution in [3.63, 3.8) is 0 Å². The van der Waals surface area contributed by atoms with Crippen molar-refractivity contribution in [2.75, 3.05) is 6.61 Å². The number of rotatable bonds is 4. The second kappa shape index (κ2) is 6.16. The van der Waals surface area contributed by atoms with Gasteiger partial charge in [-0.3, -0.25) is 9.59 Å². The first-order valence-electron chi connectivity index (χ1n) is 8.06. The molecule has 2 aliphatic carbocycles. The Labute approximate surface area is 153 Å². The van der Waals surface area contributed by atoms with Crippen LogP contribution in [0, 0.1) is 36.0 Å². The molecule has 6 heteroatoms. The predicted molar refractivity (Wildman–Crippen MR) is 95.6 cm³/mol. The summed E-state index contributed by atoms with van der Waals surface area (Å²) >= 11 is 3.41. The largest absolute Gasteiger partial charge is 0.480 e. The van der Waals surface area contributed by atoms with Crippen molar-refractivity contribution in [1.82, 2.24) is 5.01 Å². The quantitative estimate of drug-likeness (QED) is 0.339. The highest BCUT2D eigenvalue weighted by Gasteiger charge is 2.59. The van der Waals surface area contributed by atoms with E-state index in [-0.39, 0.29) is 42.1 Å². The molecule has 4 rings (SSSR count). The molecular weight excluding hydrogens is 384 g/mol. The van der Waals surface area contributed by atoms with Crippen molar-refractivity contribution < 1.29 is 14.3 Å². The minimum Gasteiger partial charge on any atom is -0.480 e. The molecule has 1 saturated carbocycles. The Balaban J connectivity index is 1.51. The van der Waals surface area contributed by atoms with Gasteiger partial charge in [0.25, 0.3) is 11.8 Å². The Bertz CT molecular complexity index is 825. The number of hydrogen-bond donors (Lipinski definition) is 0. The van der Waals surface area contributed by atoms with Gasteiger partial charge in [0, 0.05) is 0 Å². The van der Waals surface area contributed by atoms with Crippen LogP contribution in [0.3, 0.4) is 0 Å². The third-order valence-electron chi connectivity index (χ3n) is 5.04. The van der Waals surface area contributed by atoms with Crippen LogP contribution >= 0.6 is 15.9 Å². The van der Waals surface area contributed by atoms with Crippen molar-refractivity contribution in [2.24, 2.45) is 28.8 Å². The number of carbonyl (C=O) groups is 2. The molecule has 1 aromatic rings. The van der Waals surface area contributed by atoms with Crippen LogP contribution in [-0.2, 0) is 9.59 Å². The number of ether oxygens (including phenoxy) is 1. The molecule has 2 bridgehead atoms. The van der Waals surface area contributed by atoms with Gasteiger partial charge in [-0.1, -0.05) is 18.1 Å². The summed E-state index contributed by atoms with van der Waals surface area (Å²) in [6.45, 7) is 0.183. The van der Waals surface area contributed by atoms with Gasteiger partial charge in [0.05, 0.1) is 22.5 Å². The zero-order valence-corrected chi connectivity index (χ0v) is 14.8. The van der Waals surface area contributed by atoms with Gasteiger partial charge in [-0.05, 0) is 57.9 Å². The van der Waals surface area contributed by atoms with Crippen molar-refractivity contribution in [2.45, 2.75) is 6.42 Å². The van der Waals surface area contributed by atoms with E-state index in [2.05, 4.69) is 39.1 Å². The molecule has 5 nitrogen and oxygen atoms in total. The number of hydrazone groups is 1. The van der Waals surface area contributed by atoms with Gasteiger partial charge in [-0.15, -0.1) is 6.42 Å². The topological polar surface area (TPSA) is 59.0 Å². The molecule has 3 aliphatic rings. The zero-order chi connectivity index (χ0) is 17.6. The summed E-state index contributed by atoms with van der Waals surface area (Å²) in [6, 6.07) is 5.35. The Hall–Kier alpha value is -2.39.